The minimum Gasteiger partial charge on any atom is -0.382 e. The second-order valence-corrected chi connectivity index (χ2v) is 5.08. The number of nitrogens with two attached hydrogens (primary N) is 1. The first-order valence-electron chi connectivity index (χ1n) is 6.69. The summed E-state index contributed by atoms with van der Waals surface area (Å²) in [5, 5.41) is 4.14. The molecule has 0 spiro atoms. The lowest BCUT2D eigenvalue weighted by molar-refractivity contribution is -0.102. The first-order chi connectivity index (χ1) is 8.63. The lowest BCUT2D eigenvalue weighted by Crippen LogP contribution is -2.34. The predicted octanol–water partition coefficient (Wildman–Crippen LogP) is 1.83. The van der Waals surface area contributed by atoms with Crippen molar-refractivity contribution in [2.45, 2.75) is 58.0 Å². The second-order valence-electron chi connectivity index (χ2n) is 5.08. The molecule has 0 aromatic carbocycles. The summed E-state index contributed by atoms with van der Waals surface area (Å²) >= 11 is 0. The number of ether oxygens (including phenoxy) is 2. The monoisotopic (exact) mass is 253 g/mol. The Labute approximate surface area is 108 Å². The number of nitrogens with zero attached hydrogens (tertiary/aromatic N) is 2. The first kappa shape index (κ1) is 13.4. The summed E-state index contributed by atoms with van der Waals surface area (Å²) in [6.07, 6.45) is 5.81. The molecular formula is C13H23N3O2. The van der Waals surface area contributed by atoms with Gasteiger partial charge in [-0.05, 0) is 39.2 Å². The molecular weight excluding hydrogens is 230 g/mol. The van der Waals surface area contributed by atoms with Crippen molar-refractivity contribution in [1.29, 1.82) is 0 Å². The molecule has 0 aliphatic carbocycles. The molecule has 1 aliphatic heterocycles. The Balaban J connectivity index is 1.63. The van der Waals surface area contributed by atoms with Crippen molar-refractivity contribution in [3.63, 3.8) is 0 Å². The van der Waals surface area contributed by atoms with E-state index in [-0.39, 0.29) is 0 Å². The standard InChI is InChI=1S/C13H23N3O2/c1-10-8-12(9-11(2)18-10)17-7-3-5-16-6-4-13(14)15-16/h4,6,10-12H,3,5,7-9H2,1-2H3,(H2,14,15). The Morgan fingerprint density at radius 3 is 2.78 bits per heavy atom. The predicted molar refractivity (Wildman–Crippen MR) is 70.2 cm³/mol. The maximum atomic E-state index is 5.90. The van der Waals surface area contributed by atoms with Gasteiger partial charge in [-0.25, -0.2) is 0 Å². The highest BCUT2D eigenvalue weighted by Gasteiger charge is 2.24. The largest absolute Gasteiger partial charge is 0.382 e. The molecule has 2 N–H and O–H groups in total. The summed E-state index contributed by atoms with van der Waals surface area (Å²) < 4.78 is 13.4. The van der Waals surface area contributed by atoms with E-state index in [4.69, 9.17) is 15.2 Å². The highest BCUT2D eigenvalue weighted by atomic mass is 16.5. The summed E-state index contributed by atoms with van der Waals surface area (Å²) in [6.45, 7) is 5.84. The maximum Gasteiger partial charge on any atom is 0.145 e. The minimum atomic E-state index is 0.310. The van der Waals surface area contributed by atoms with Crippen molar-refractivity contribution in [3.8, 4) is 0 Å². The van der Waals surface area contributed by atoms with E-state index in [0.29, 0.717) is 24.1 Å². The zero-order chi connectivity index (χ0) is 13.0. The third-order valence-corrected chi connectivity index (χ3v) is 3.20. The van der Waals surface area contributed by atoms with Crippen LogP contribution in [0.15, 0.2) is 12.3 Å². The Morgan fingerprint density at radius 2 is 2.17 bits per heavy atom. The van der Waals surface area contributed by atoms with Crippen molar-refractivity contribution in [2.24, 2.45) is 0 Å². The Hall–Kier alpha value is -1.07. The summed E-state index contributed by atoms with van der Waals surface area (Å²) in [4.78, 5) is 0. The Morgan fingerprint density at radius 1 is 1.44 bits per heavy atom. The zero-order valence-electron chi connectivity index (χ0n) is 11.2. The molecule has 5 heteroatoms. The van der Waals surface area contributed by atoms with Crippen molar-refractivity contribution in [1.82, 2.24) is 9.78 Å². The van der Waals surface area contributed by atoms with Gasteiger partial charge in [0.25, 0.3) is 0 Å². The second kappa shape index (κ2) is 6.20. The molecule has 2 unspecified atom stereocenters. The molecule has 5 nitrogen and oxygen atoms in total. The molecule has 1 aromatic rings. The maximum absolute atomic E-state index is 5.90. The van der Waals surface area contributed by atoms with Crippen molar-refractivity contribution < 1.29 is 9.47 Å². The smallest absolute Gasteiger partial charge is 0.145 e. The number of aromatic nitrogens is 2. The van der Waals surface area contributed by atoms with E-state index in [1.54, 1.807) is 0 Å². The van der Waals surface area contributed by atoms with Crippen molar-refractivity contribution >= 4 is 5.82 Å². The number of nitrogen functional groups attached to an aromatic ring is 1. The van der Waals surface area contributed by atoms with Gasteiger partial charge in [0.15, 0.2) is 0 Å². The molecule has 0 bridgehead atoms. The van der Waals surface area contributed by atoms with Gasteiger partial charge in [0.2, 0.25) is 0 Å². The lowest BCUT2D eigenvalue weighted by atomic mass is 10.0. The third kappa shape index (κ3) is 3.99. The zero-order valence-corrected chi connectivity index (χ0v) is 11.2. The van der Waals surface area contributed by atoms with Crippen LogP contribution in [-0.4, -0.2) is 34.7 Å². The minimum absolute atomic E-state index is 0.310. The van der Waals surface area contributed by atoms with Crippen LogP contribution in [0, 0.1) is 0 Å². The van der Waals surface area contributed by atoms with Crippen LogP contribution >= 0.6 is 0 Å². The average molecular weight is 253 g/mol. The van der Waals surface area contributed by atoms with E-state index in [9.17, 15) is 0 Å². The van der Waals surface area contributed by atoms with E-state index in [2.05, 4.69) is 18.9 Å². The molecule has 102 valence electrons. The van der Waals surface area contributed by atoms with E-state index in [1.807, 2.05) is 16.9 Å². The van der Waals surface area contributed by atoms with Gasteiger partial charge in [0, 0.05) is 19.3 Å². The number of anilines is 1. The average Bonchev–Trinajstić information content (AvgIpc) is 2.69. The van der Waals surface area contributed by atoms with Gasteiger partial charge >= 0.3 is 0 Å². The molecule has 2 heterocycles. The number of hydrogen-bond donors (Lipinski definition) is 1. The fourth-order valence-electron chi connectivity index (χ4n) is 2.46. The van der Waals surface area contributed by atoms with Crippen LogP contribution in [0.4, 0.5) is 5.82 Å². The Bertz CT molecular complexity index is 357. The first-order valence-corrected chi connectivity index (χ1v) is 6.69. The molecule has 0 radical (unpaired) electrons. The van der Waals surface area contributed by atoms with Gasteiger partial charge in [-0.15, -0.1) is 0 Å². The molecule has 2 rings (SSSR count). The van der Waals surface area contributed by atoms with Crippen LogP contribution < -0.4 is 5.73 Å². The molecule has 1 saturated heterocycles. The van der Waals surface area contributed by atoms with Crippen LogP contribution in [0.1, 0.15) is 33.1 Å². The van der Waals surface area contributed by atoms with Crippen LogP contribution in [0.3, 0.4) is 0 Å². The normalized spacial score (nSPS) is 28.4. The topological polar surface area (TPSA) is 62.3 Å². The fourth-order valence-corrected chi connectivity index (χ4v) is 2.46. The molecule has 0 saturated carbocycles. The van der Waals surface area contributed by atoms with Gasteiger partial charge in [-0.3, -0.25) is 4.68 Å². The number of hydrogen-bond acceptors (Lipinski definition) is 4. The highest BCUT2D eigenvalue weighted by Crippen LogP contribution is 2.21. The van der Waals surface area contributed by atoms with E-state index < -0.39 is 0 Å². The summed E-state index contributed by atoms with van der Waals surface area (Å²) in [7, 11) is 0. The highest BCUT2D eigenvalue weighted by molar-refractivity contribution is 5.23. The van der Waals surface area contributed by atoms with E-state index in [0.717, 1.165) is 32.4 Å². The van der Waals surface area contributed by atoms with Crippen LogP contribution in [0.5, 0.6) is 0 Å². The van der Waals surface area contributed by atoms with E-state index in [1.165, 1.54) is 0 Å². The van der Waals surface area contributed by atoms with E-state index >= 15 is 0 Å². The van der Waals surface area contributed by atoms with Crippen LogP contribution in [0.25, 0.3) is 0 Å². The van der Waals surface area contributed by atoms with Gasteiger partial charge in [-0.1, -0.05) is 0 Å². The molecule has 1 aromatic heterocycles. The summed E-state index contributed by atoms with van der Waals surface area (Å²) in [6, 6.07) is 1.81. The molecule has 1 aliphatic rings. The number of rotatable bonds is 5. The molecule has 0 amide bonds. The third-order valence-electron chi connectivity index (χ3n) is 3.20. The molecule has 1 fully saturated rings. The van der Waals surface area contributed by atoms with Crippen molar-refractivity contribution in [2.75, 3.05) is 12.3 Å². The lowest BCUT2D eigenvalue weighted by Gasteiger charge is -2.32. The van der Waals surface area contributed by atoms with Gasteiger partial charge in [0.05, 0.1) is 18.3 Å². The Kier molecular flexibility index (Phi) is 4.60. The summed E-state index contributed by atoms with van der Waals surface area (Å²) in [5.74, 6) is 0.572. The fraction of sp³-hybridized carbons (Fsp3) is 0.769. The molecule has 18 heavy (non-hydrogen) atoms. The van der Waals surface area contributed by atoms with Crippen LogP contribution in [-0.2, 0) is 16.0 Å². The number of aryl methyl sites for hydroxylation is 1. The van der Waals surface area contributed by atoms with Gasteiger partial charge < -0.3 is 15.2 Å². The van der Waals surface area contributed by atoms with Gasteiger partial charge in [-0.2, -0.15) is 5.10 Å². The summed E-state index contributed by atoms with van der Waals surface area (Å²) in [5.41, 5.74) is 5.55. The van der Waals surface area contributed by atoms with Crippen LogP contribution in [0.2, 0.25) is 0 Å². The molecule has 2 atom stereocenters. The SMILES string of the molecule is CC1CC(OCCCn2ccc(N)n2)CC(C)O1. The van der Waals surface area contributed by atoms with Gasteiger partial charge in [0.1, 0.15) is 5.82 Å². The van der Waals surface area contributed by atoms with Crippen molar-refractivity contribution in [3.05, 3.63) is 12.3 Å². The quantitative estimate of drug-likeness (QED) is 0.813.